The second-order valence-corrected chi connectivity index (χ2v) is 6.17. The Morgan fingerprint density at radius 1 is 1.04 bits per heavy atom. The maximum Gasteiger partial charge on any atom is 0.330 e. The predicted molar refractivity (Wildman–Crippen MR) is 101 cm³/mol. The average molecular weight is 338 g/mol. The van der Waals surface area contributed by atoms with E-state index in [9.17, 15) is 9.90 Å². The first-order valence-corrected chi connectivity index (χ1v) is 8.79. The molecular formula is C22H26O3. The Morgan fingerprint density at radius 2 is 1.68 bits per heavy atom. The molecule has 2 rings (SSSR count). The number of aliphatic hydroxyl groups is 1. The number of carbonyl (C=O) groups is 1. The van der Waals surface area contributed by atoms with Crippen LogP contribution in [0.3, 0.4) is 0 Å². The molecule has 0 aliphatic carbocycles. The first-order valence-electron chi connectivity index (χ1n) is 8.79. The number of aliphatic hydroxyl groups excluding tert-OH is 1. The summed E-state index contributed by atoms with van der Waals surface area (Å²) in [7, 11) is 0. The molecule has 0 heterocycles. The number of hydrogen-bond donors (Lipinski definition) is 1. The van der Waals surface area contributed by atoms with Crippen molar-refractivity contribution in [2.75, 3.05) is 6.61 Å². The molecule has 0 fully saturated rings. The molecule has 0 aliphatic heterocycles. The van der Waals surface area contributed by atoms with Gasteiger partial charge in [0.05, 0.1) is 12.7 Å². The maximum atomic E-state index is 11.6. The largest absolute Gasteiger partial charge is 0.463 e. The van der Waals surface area contributed by atoms with Crippen molar-refractivity contribution in [3.05, 3.63) is 77.9 Å². The molecule has 0 amide bonds. The molecule has 0 unspecified atom stereocenters. The third-order valence-corrected chi connectivity index (χ3v) is 4.25. The molecule has 2 aromatic carbocycles. The summed E-state index contributed by atoms with van der Waals surface area (Å²) in [6.45, 7) is 2.42. The molecule has 3 nitrogen and oxygen atoms in total. The lowest BCUT2D eigenvalue weighted by Crippen LogP contribution is -2.16. The Balaban J connectivity index is 1.61. The van der Waals surface area contributed by atoms with Gasteiger partial charge in [-0.2, -0.15) is 0 Å². The molecule has 0 radical (unpaired) electrons. The van der Waals surface area contributed by atoms with Gasteiger partial charge in [0.15, 0.2) is 0 Å². The lowest BCUT2D eigenvalue weighted by Gasteiger charge is -2.19. The monoisotopic (exact) mass is 338 g/mol. The van der Waals surface area contributed by atoms with E-state index in [0.29, 0.717) is 13.0 Å². The zero-order valence-electron chi connectivity index (χ0n) is 14.7. The van der Waals surface area contributed by atoms with Gasteiger partial charge in [0.25, 0.3) is 0 Å². The van der Waals surface area contributed by atoms with Crippen LogP contribution >= 0.6 is 0 Å². The fourth-order valence-electron chi connectivity index (χ4n) is 2.63. The van der Waals surface area contributed by atoms with Crippen LogP contribution in [0.25, 0.3) is 6.08 Å². The molecule has 132 valence electrons. The highest BCUT2D eigenvalue weighted by molar-refractivity contribution is 5.86. The molecule has 2 aromatic rings. The fourth-order valence-corrected chi connectivity index (χ4v) is 2.63. The van der Waals surface area contributed by atoms with Crippen molar-refractivity contribution < 1.29 is 14.6 Å². The van der Waals surface area contributed by atoms with Crippen molar-refractivity contribution >= 4 is 12.0 Å². The van der Waals surface area contributed by atoms with Crippen LogP contribution in [0.1, 0.15) is 43.2 Å². The molecule has 0 aromatic heterocycles. The van der Waals surface area contributed by atoms with E-state index in [-0.39, 0.29) is 18.0 Å². The van der Waals surface area contributed by atoms with Gasteiger partial charge in [-0.05, 0) is 36.5 Å². The average Bonchev–Trinajstić information content (AvgIpc) is 2.67. The summed E-state index contributed by atoms with van der Waals surface area (Å²) in [5.74, 6) is -0.223. The van der Waals surface area contributed by atoms with Gasteiger partial charge >= 0.3 is 5.97 Å². The lowest BCUT2D eigenvalue weighted by atomic mass is 9.92. The standard InChI is InChI=1S/C22H26O3/c1-18(20-12-6-3-7-13-20)21(23)14-8-9-17-25-22(24)16-15-19-10-4-2-5-11-19/h2-7,10-13,15-16,18,21,23H,8-9,14,17H2,1H3/b16-15-/t18-,21-/m0/s1. The van der Waals surface area contributed by atoms with Crippen LogP contribution in [0.4, 0.5) is 0 Å². The quantitative estimate of drug-likeness (QED) is 0.414. The molecular weight excluding hydrogens is 312 g/mol. The highest BCUT2D eigenvalue weighted by atomic mass is 16.5. The minimum absolute atomic E-state index is 0.109. The van der Waals surface area contributed by atoms with Crippen molar-refractivity contribution in [2.45, 2.75) is 38.2 Å². The molecule has 1 N–H and O–H groups in total. The Kier molecular flexibility index (Phi) is 7.93. The van der Waals surface area contributed by atoms with Gasteiger partial charge in [-0.15, -0.1) is 0 Å². The second-order valence-electron chi connectivity index (χ2n) is 6.17. The molecule has 0 aliphatic rings. The van der Waals surface area contributed by atoms with Crippen LogP contribution < -0.4 is 0 Å². The summed E-state index contributed by atoms with van der Waals surface area (Å²) >= 11 is 0. The molecule has 2 atom stereocenters. The van der Waals surface area contributed by atoms with Crippen molar-refractivity contribution in [1.82, 2.24) is 0 Å². The van der Waals surface area contributed by atoms with Crippen LogP contribution in [0.15, 0.2) is 66.7 Å². The van der Waals surface area contributed by atoms with Gasteiger partial charge in [-0.25, -0.2) is 4.79 Å². The highest BCUT2D eigenvalue weighted by Gasteiger charge is 2.15. The molecule has 0 spiro atoms. The van der Waals surface area contributed by atoms with Crippen LogP contribution in [0.5, 0.6) is 0 Å². The smallest absolute Gasteiger partial charge is 0.330 e. The summed E-state index contributed by atoms with van der Waals surface area (Å²) in [4.78, 5) is 11.6. The predicted octanol–water partition coefficient (Wildman–Crippen LogP) is 4.58. The number of benzene rings is 2. The third-order valence-electron chi connectivity index (χ3n) is 4.25. The zero-order chi connectivity index (χ0) is 17.9. The van der Waals surface area contributed by atoms with Crippen LogP contribution in [0, 0.1) is 0 Å². The molecule has 3 heteroatoms. The van der Waals surface area contributed by atoms with Crippen molar-refractivity contribution in [3.63, 3.8) is 0 Å². The molecule has 0 saturated carbocycles. The van der Waals surface area contributed by atoms with Gasteiger partial charge in [0.1, 0.15) is 0 Å². The lowest BCUT2D eigenvalue weighted by molar-refractivity contribution is -0.137. The first-order chi connectivity index (χ1) is 12.2. The Hall–Kier alpha value is -2.39. The van der Waals surface area contributed by atoms with E-state index in [0.717, 1.165) is 24.0 Å². The number of esters is 1. The number of carbonyl (C=O) groups excluding carboxylic acids is 1. The minimum Gasteiger partial charge on any atom is -0.463 e. The summed E-state index contributed by atoms with van der Waals surface area (Å²) in [6, 6.07) is 19.7. The maximum absolute atomic E-state index is 11.6. The summed E-state index contributed by atoms with van der Waals surface area (Å²) in [5.41, 5.74) is 2.12. The van der Waals surface area contributed by atoms with E-state index >= 15 is 0 Å². The number of unbranched alkanes of at least 4 members (excludes halogenated alkanes) is 1. The Bertz CT molecular complexity index is 649. The second kappa shape index (κ2) is 10.5. The molecule has 25 heavy (non-hydrogen) atoms. The van der Waals surface area contributed by atoms with Crippen molar-refractivity contribution in [1.29, 1.82) is 0 Å². The normalized spacial score (nSPS) is 13.5. The van der Waals surface area contributed by atoms with Crippen molar-refractivity contribution in [3.8, 4) is 0 Å². The van der Waals surface area contributed by atoms with E-state index in [1.807, 2.05) is 67.6 Å². The minimum atomic E-state index is -0.379. The van der Waals surface area contributed by atoms with Crippen LogP contribution in [-0.2, 0) is 9.53 Å². The summed E-state index contributed by atoms with van der Waals surface area (Å²) in [6.07, 6.45) is 5.09. The topological polar surface area (TPSA) is 46.5 Å². The SMILES string of the molecule is C[C@@H](c1ccccc1)[C@@H](O)CCCCOC(=O)/C=C\c1ccccc1. The summed E-state index contributed by atoms with van der Waals surface area (Å²) < 4.78 is 5.18. The van der Waals surface area contributed by atoms with E-state index in [1.54, 1.807) is 6.08 Å². The van der Waals surface area contributed by atoms with Gasteiger partial charge in [0.2, 0.25) is 0 Å². The molecule has 0 bridgehead atoms. The van der Waals surface area contributed by atoms with E-state index < -0.39 is 0 Å². The van der Waals surface area contributed by atoms with Crippen LogP contribution in [0.2, 0.25) is 0 Å². The highest BCUT2D eigenvalue weighted by Crippen LogP contribution is 2.22. The van der Waals surface area contributed by atoms with Crippen molar-refractivity contribution in [2.24, 2.45) is 0 Å². The van der Waals surface area contributed by atoms with Crippen LogP contribution in [-0.4, -0.2) is 23.8 Å². The number of ether oxygens (including phenoxy) is 1. The Morgan fingerprint density at radius 3 is 2.36 bits per heavy atom. The van der Waals surface area contributed by atoms with E-state index in [2.05, 4.69) is 0 Å². The van der Waals surface area contributed by atoms with E-state index in [1.165, 1.54) is 6.08 Å². The van der Waals surface area contributed by atoms with Gasteiger partial charge in [-0.3, -0.25) is 0 Å². The zero-order valence-corrected chi connectivity index (χ0v) is 14.7. The summed E-state index contributed by atoms with van der Waals surface area (Å²) in [5, 5.41) is 10.3. The van der Waals surface area contributed by atoms with Gasteiger partial charge < -0.3 is 9.84 Å². The van der Waals surface area contributed by atoms with Gasteiger partial charge in [0, 0.05) is 12.0 Å². The van der Waals surface area contributed by atoms with E-state index in [4.69, 9.17) is 4.74 Å². The number of rotatable bonds is 9. The number of hydrogen-bond acceptors (Lipinski definition) is 3. The third kappa shape index (κ3) is 6.94. The molecule has 0 saturated heterocycles. The van der Waals surface area contributed by atoms with Gasteiger partial charge in [-0.1, -0.05) is 67.6 Å². The fraction of sp³-hybridized carbons (Fsp3) is 0.318. The Labute approximate surface area is 150 Å². The first kappa shape index (κ1) is 18.9.